The molecule has 9 nitrogen and oxygen atoms in total. The third-order valence-corrected chi connectivity index (χ3v) is 6.21. The van der Waals surface area contributed by atoms with E-state index in [-0.39, 0.29) is 17.9 Å². The van der Waals surface area contributed by atoms with Crippen molar-refractivity contribution >= 4 is 28.0 Å². The molecule has 0 aromatic carbocycles. The molecule has 0 spiro atoms. The zero-order valence-corrected chi connectivity index (χ0v) is 17.6. The van der Waals surface area contributed by atoms with Crippen LogP contribution in [0, 0.1) is 17.2 Å². The number of carbonyl (C=O) groups is 1. The van der Waals surface area contributed by atoms with E-state index in [1.807, 2.05) is 12.3 Å². The zero-order valence-electron chi connectivity index (χ0n) is 17.6. The Labute approximate surface area is 184 Å². The van der Waals surface area contributed by atoms with E-state index in [0.29, 0.717) is 12.0 Å². The van der Waals surface area contributed by atoms with Crippen LogP contribution in [0.1, 0.15) is 41.5 Å². The third kappa shape index (κ3) is 3.92. The summed E-state index contributed by atoms with van der Waals surface area (Å²) in [4.78, 5) is 35.2. The predicted molar refractivity (Wildman–Crippen MR) is 120 cm³/mol. The molecule has 4 aromatic heterocycles. The summed E-state index contributed by atoms with van der Waals surface area (Å²) in [7, 11) is 0. The number of H-pyrrole nitrogens is 2. The van der Waals surface area contributed by atoms with Gasteiger partial charge in [0.25, 0.3) is 5.91 Å². The van der Waals surface area contributed by atoms with Crippen LogP contribution in [0.4, 0.5) is 0 Å². The number of aromatic nitrogens is 5. The molecule has 1 unspecified atom stereocenters. The number of nitrogens with one attached hydrogen (secondary N) is 3. The smallest absolute Gasteiger partial charge is 0.253 e. The van der Waals surface area contributed by atoms with Gasteiger partial charge in [-0.1, -0.05) is 0 Å². The summed E-state index contributed by atoms with van der Waals surface area (Å²) in [5, 5.41) is 13.1. The molecular formula is C23H24N8O. The second-order valence-corrected chi connectivity index (χ2v) is 8.16. The molecule has 162 valence electrons. The normalized spacial score (nSPS) is 16.2. The van der Waals surface area contributed by atoms with Gasteiger partial charge >= 0.3 is 0 Å². The summed E-state index contributed by atoms with van der Waals surface area (Å²) in [6.07, 6.45) is 9.20. The number of imidazole rings is 1. The first-order valence-corrected chi connectivity index (χ1v) is 10.8. The van der Waals surface area contributed by atoms with E-state index < -0.39 is 0 Å². The van der Waals surface area contributed by atoms with Crippen LogP contribution in [0.2, 0.25) is 0 Å². The lowest BCUT2D eigenvalue weighted by Gasteiger charge is -2.35. The van der Waals surface area contributed by atoms with Gasteiger partial charge in [-0.05, 0) is 50.0 Å². The second-order valence-electron chi connectivity index (χ2n) is 8.16. The number of likely N-dealkylation sites (tertiary alicyclic amines) is 1. The van der Waals surface area contributed by atoms with Crippen LogP contribution >= 0.6 is 0 Å². The van der Waals surface area contributed by atoms with Gasteiger partial charge in [0, 0.05) is 36.9 Å². The van der Waals surface area contributed by atoms with Gasteiger partial charge in [-0.25, -0.2) is 9.97 Å². The van der Waals surface area contributed by atoms with E-state index in [1.165, 1.54) is 0 Å². The molecule has 5 heterocycles. The maximum absolute atomic E-state index is 13.0. The molecular weight excluding hydrogens is 404 g/mol. The fraction of sp³-hybridized carbons (Fsp3) is 0.348. The largest absolute Gasteiger partial charge is 0.346 e. The first kappa shape index (κ1) is 20.2. The number of hydrogen-bond donors (Lipinski definition) is 3. The number of hydrogen-bond acceptors (Lipinski definition) is 6. The van der Waals surface area contributed by atoms with Crippen LogP contribution in [-0.4, -0.2) is 55.4 Å². The highest BCUT2D eigenvalue weighted by Gasteiger charge is 2.31. The van der Waals surface area contributed by atoms with E-state index >= 15 is 0 Å². The van der Waals surface area contributed by atoms with E-state index in [9.17, 15) is 4.79 Å². The maximum atomic E-state index is 13.0. The van der Waals surface area contributed by atoms with Crippen molar-refractivity contribution < 1.29 is 4.79 Å². The van der Waals surface area contributed by atoms with Crippen molar-refractivity contribution in [3.05, 3.63) is 54.4 Å². The standard InChI is InChI=1S/C23H24N8O/c24-7-2-10-31-11-5-15(6-12-31)19(30-23(32)16-3-1-8-25-13-16)22-28-18-14-27-21-17(4-9-26-21)20(18)29-22/h1,3-4,8-9,13-15,19H,2,5-6,10-12H2,(H,26,27)(H,28,29)(H,30,32). The summed E-state index contributed by atoms with van der Waals surface area (Å²) in [6, 6.07) is 7.45. The van der Waals surface area contributed by atoms with Gasteiger partial charge in [0.05, 0.1) is 29.4 Å². The molecule has 1 atom stereocenters. The lowest BCUT2D eigenvalue weighted by molar-refractivity contribution is 0.0889. The minimum absolute atomic E-state index is 0.166. The molecule has 1 aliphatic rings. The summed E-state index contributed by atoms with van der Waals surface area (Å²) >= 11 is 0. The Balaban J connectivity index is 1.45. The Morgan fingerprint density at radius 1 is 1.31 bits per heavy atom. The van der Waals surface area contributed by atoms with Crippen molar-refractivity contribution in [3.8, 4) is 6.07 Å². The lowest BCUT2D eigenvalue weighted by Crippen LogP contribution is -2.41. The minimum atomic E-state index is -0.262. The van der Waals surface area contributed by atoms with E-state index in [2.05, 4.69) is 36.2 Å². The number of pyridine rings is 2. The maximum Gasteiger partial charge on any atom is 0.253 e. The van der Waals surface area contributed by atoms with Crippen molar-refractivity contribution in [2.45, 2.75) is 25.3 Å². The van der Waals surface area contributed by atoms with Gasteiger partial charge in [0.2, 0.25) is 0 Å². The SMILES string of the molecule is N#CCCN1CCC(C(NC(=O)c2cccnc2)c2nc3cnc4[nH]ccc4c3[nH]2)CC1. The Hall–Kier alpha value is -3.77. The van der Waals surface area contributed by atoms with Crippen molar-refractivity contribution in [1.29, 1.82) is 5.26 Å². The highest BCUT2D eigenvalue weighted by atomic mass is 16.1. The lowest BCUT2D eigenvalue weighted by atomic mass is 9.88. The molecule has 1 fully saturated rings. The molecule has 1 saturated heterocycles. The first-order valence-electron chi connectivity index (χ1n) is 10.8. The van der Waals surface area contributed by atoms with Crippen molar-refractivity contribution in [2.24, 2.45) is 5.92 Å². The predicted octanol–water partition coefficient (Wildman–Crippen LogP) is 2.93. The molecule has 4 aromatic rings. The third-order valence-electron chi connectivity index (χ3n) is 6.21. The quantitative estimate of drug-likeness (QED) is 0.433. The Bertz CT molecular complexity index is 1260. The van der Waals surface area contributed by atoms with Crippen LogP contribution in [-0.2, 0) is 0 Å². The fourth-order valence-corrected chi connectivity index (χ4v) is 4.50. The monoisotopic (exact) mass is 428 g/mol. The molecule has 9 heteroatoms. The number of nitriles is 1. The highest BCUT2D eigenvalue weighted by molar-refractivity contribution is 6.00. The average molecular weight is 429 g/mol. The van der Waals surface area contributed by atoms with Crippen molar-refractivity contribution in [3.63, 3.8) is 0 Å². The number of nitrogens with zero attached hydrogens (tertiary/aromatic N) is 5. The number of fused-ring (bicyclic) bond motifs is 3. The number of rotatable bonds is 6. The summed E-state index contributed by atoms with van der Waals surface area (Å²) in [6.45, 7) is 2.59. The molecule has 0 aliphatic carbocycles. The molecule has 5 rings (SSSR count). The highest BCUT2D eigenvalue weighted by Crippen LogP contribution is 2.32. The van der Waals surface area contributed by atoms with Gasteiger partial charge in [-0.2, -0.15) is 5.26 Å². The van der Waals surface area contributed by atoms with E-state index in [0.717, 1.165) is 60.4 Å². The molecule has 1 amide bonds. The Morgan fingerprint density at radius 2 is 2.19 bits per heavy atom. The molecule has 32 heavy (non-hydrogen) atoms. The van der Waals surface area contributed by atoms with Gasteiger partial charge in [0.15, 0.2) is 0 Å². The van der Waals surface area contributed by atoms with E-state index in [1.54, 1.807) is 30.7 Å². The van der Waals surface area contributed by atoms with Gasteiger partial charge < -0.3 is 20.2 Å². The molecule has 0 saturated carbocycles. The second kappa shape index (κ2) is 8.77. The summed E-state index contributed by atoms with van der Waals surface area (Å²) in [5.74, 6) is 0.799. The zero-order chi connectivity index (χ0) is 21.9. The van der Waals surface area contributed by atoms with Crippen LogP contribution in [0.5, 0.6) is 0 Å². The average Bonchev–Trinajstić information content (AvgIpc) is 3.48. The molecule has 0 bridgehead atoms. The van der Waals surface area contributed by atoms with Crippen LogP contribution < -0.4 is 5.32 Å². The number of piperidine rings is 1. The van der Waals surface area contributed by atoms with Crippen LogP contribution in [0.15, 0.2) is 43.0 Å². The Kier molecular flexibility index (Phi) is 5.52. The van der Waals surface area contributed by atoms with Crippen LogP contribution in [0.3, 0.4) is 0 Å². The first-order chi connectivity index (χ1) is 15.7. The van der Waals surface area contributed by atoms with E-state index in [4.69, 9.17) is 10.2 Å². The minimum Gasteiger partial charge on any atom is -0.346 e. The van der Waals surface area contributed by atoms with Gasteiger partial charge in [-0.15, -0.1) is 0 Å². The number of aromatic amines is 2. The number of carbonyl (C=O) groups excluding carboxylic acids is 1. The van der Waals surface area contributed by atoms with Crippen molar-refractivity contribution in [1.82, 2.24) is 35.1 Å². The molecule has 1 aliphatic heterocycles. The number of amides is 1. The van der Waals surface area contributed by atoms with Gasteiger partial charge in [0.1, 0.15) is 17.0 Å². The fourth-order valence-electron chi connectivity index (χ4n) is 4.50. The van der Waals surface area contributed by atoms with Gasteiger partial charge in [-0.3, -0.25) is 9.78 Å². The van der Waals surface area contributed by atoms with Crippen molar-refractivity contribution in [2.75, 3.05) is 19.6 Å². The Morgan fingerprint density at radius 3 is 2.97 bits per heavy atom. The van der Waals surface area contributed by atoms with Crippen LogP contribution in [0.25, 0.3) is 22.1 Å². The molecule has 3 N–H and O–H groups in total. The summed E-state index contributed by atoms with van der Waals surface area (Å²) in [5.41, 5.74) is 3.02. The summed E-state index contributed by atoms with van der Waals surface area (Å²) < 4.78 is 0. The molecule has 0 radical (unpaired) electrons. The topological polar surface area (TPSA) is 126 Å².